The second-order valence-electron chi connectivity index (χ2n) is 4.84. The zero-order valence-corrected chi connectivity index (χ0v) is 12.7. The quantitative estimate of drug-likeness (QED) is 0.840. The van der Waals surface area contributed by atoms with Gasteiger partial charge in [-0.1, -0.05) is 15.9 Å². The summed E-state index contributed by atoms with van der Waals surface area (Å²) in [6, 6.07) is 6.39. The summed E-state index contributed by atoms with van der Waals surface area (Å²) < 4.78 is 3.64. The molecule has 1 aromatic heterocycles. The molecule has 0 aliphatic heterocycles. The van der Waals surface area contributed by atoms with E-state index in [0.717, 1.165) is 28.3 Å². The van der Waals surface area contributed by atoms with Crippen LogP contribution in [0.1, 0.15) is 19.3 Å². The van der Waals surface area contributed by atoms with E-state index in [1.54, 1.807) is 0 Å². The van der Waals surface area contributed by atoms with Crippen LogP contribution in [0.5, 0.6) is 0 Å². The third kappa shape index (κ3) is 2.90. The molecule has 2 N–H and O–H groups in total. The van der Waals surface area contributed by atoms with Crippen molar-refractivity contribution in [3.63, 3.8) is 0 Å². The highest BCUT2D eigenvalue weighted by Crippen LogP contribution is 2.21. The number of halogens is 1. The molecule has 0 atom stereocenters. The largest absolute Gasteiger partial charge is 0.353 e. The first-order valence-electron chi connectivity index (χ1n) is 6.31. The Labute approximate surface area is 124 Å². The monoisotopic (exact) mass is 339 g/mol. The van der Waals surface area contributed by atoms with Gasteiger partial charge in [-0.05, 0) is 43.3 Å². The number of nitrogens with zero attached hydrogens (tertiary/aromatic N) is 1. The maximum atomic E-state index is 11.7. The second kappa shape index (κ2) is 5.09. The SMILES string of the molecule is O=C(CCn1c(=S)[nH]c2cc(Br)ccc21)NC1CC1. The molecule has 0 saturated heterocycles. The highest BCUT2D eigenvalue weighted by molar-refractivity contribution is 9.10. The van der Waals surface area contributed by atoms with Crippen LogP contribution in [0, 0.1) is 4.77 Å². The lowest BCUT2D eigenvalue weighted by atomic mass is 10.3. The number of nitrogens with one attached hydrogen (secondary N) is 2. The van der Waals surface area contributed by atoms with Crippen LogP contribution in [0.2, 0.25) is 0 Å². The molecule has 1 amide bonds. The third-order valence-electron chi connectivity index (χ3n) is 3.24. The number of hydrogen-bond acceptors (Lipinski definition) is 2. The van der Waals surface area contributed by atoms with Crippen LogP contribution >= 0.6 is 28.1 Å². The van der Waals surface area contributed by atoms with Crippen LogP contribution in [0.15, 0.2) is 22.7 Å². The average molecular weight is 340 g/mol. The minimum Gasteiger partial charge on any atom is -0.353 e. The molecule has 1 aromatic carbocycles. The van der Waals surface area contributed by atoms with Crippen LogP contribution in [0.4, 0.5) is 0 Å². The first-order chi connectivity index (χ1) is 9.13. The van der Waals surface area contributed by atoms with E-state index < -0.39 is 0 Å². The average Bonchev–Trinajstić information content (AvgIpc) is 3.10. The van der Waals surface area contributed by atoms with Crippen molar-refractivity contribution in [2.75, 3.05) is 0 Å². The van der Waals surface area contributed by atoms with Crippen molar-refractivity contribution in [1.29, 1.82) is 0 Å². The summed E-state index contributed by atoms with van der Waals surface area (Å²) >= 11 is 8.74. The van der Waals surface area contributed by atoms with Gasteiger partial charge in [0, 0.05) is 23.5 Å². The van der Waals surface area contributed by atoms with Gasteiger partial charge in [-0.2, -0.15) is 0 Å². The molecule has 1 aliphatic rings. The van der Waals surface area contributed by atoms with Crippen molar-refractivity contribution in [3.05, 3.63) is 27.4 Å². The van der Waals surface area contributed by atoms with E-state index in [-0.39, 0.29) is 5.91 Å². The standard InChI is InChI=1S/C13H14BrN3OS/c14-8-1-4-11-10(7-8)16-13(19)17(11)6-5-12(18)15-9-2-3-9/h1,4,7,9H,2-3,5-6H2,(H,15,18)(H,16,19). The Kier molecular flexibility index (Phi) is 3.45. The number of H-pyrrole nitrogens is 1. The number of aryl methyl sites for hydroxylation is 1. The first-order valence-corrected chi connectivity index (χ1v) is 7.51. The van der Waals surface area contributed by atoms with Gasteiger partial charge in [-0.15, -0.1) is 0 Å². The molecule has 0 bridgehead atoms. The van der Waals surface area contributed by atoms with Gasteiger partial charge in [0.05, 0.1) is 11.0 Å². The molecule has 6 heteroatoms. The second-order valence-corrected chi connectivity index (χ2v) is 6.14. The summed E-state index contributed by atoms with van der Waals surface area (Å²) in [7, 11) is 0. The maximum absolute atomic E-state index is 11.7. The van der Waals surface area contributed by atoms with Crippen molar-refractivity contribution >= 4 is 45.1 Å². The fraction of sp³-hybridized carbons (Fsp3) is 0.385. The maximum Gasteiger partial charge on any atom is 0.222 e. The number of imidazole rings is 1. The lowest BCUT2D eigenvalue weighted by molar-refractivity contribution is -0.121. The van der Waals surface area contributed by atoms with Gasteiger partial charge < -0.3 is 14.9 Å². The Morgan fingerprint density at radius 2 is 2.32 bits per heavy atom. The Morgan fingerprint density at radius 1 is 1.53 bits per heavy atom. The molecule has 0 unspecified atom stereocenters. The topological polar surface area (TPSA) is 49.8 Å². The number of fused-ring (bicyclic) bond motifs is 1. The predicted molar refractivity (Wildman–Crippen MR) is 80.6 cm³/mol. The molecule has 1 aliphatic carbocycles. The summed E-state index contributed by atoms with van der Waals surface area (Å²) in [5.41, 5.74) is 2.02. The van der Waals surface area contributed by atoms with E-state index in [4.69, 9.17) is 12.2 Å². The van der Waals surface area contributed by atoms with Crippen molar-refractivity contribution < 1.29 is 4.79 Å². The van der Waals surface area contributed by atoms with E-state index in [9.17, 15) is 4.79 Å². The number of amides is 1. The smallest absolute Gasteiger partial charge is 0.222 e. The first kappa shape index (κ1) is 12.9. The normalized spacial score (nSPS) is 14.8. The summed E-state index contributed by atoms with van der Waals surface area (Å²) in [6.07, 6.45) is 2.70. The summed E-state index contributed by atoms with van der Waals surface area (Å²) in [6.45, 7) is 0.610. The summed E-state index contributed by atoms with van der Waals surface area (Å²) in [4.78, 5) is 14.9. The molecular formula is C13H14BrN3OS. The summed E-state index contributed by atoms with van der Waals surface area (Å²) in [5, 5.41) is 2.99. The van der Waals surface area contributed by atoms with E-state index in [2.05, 4.69) is 26.2 Å². The van der Waals surface area contributed by atoms with Crippen molar-refractivity contribution in [2.45, 2.75) is 31.8 Å². The van der Waals surface area contributed by atoms with E-state index in [0.29, 0.717) is 23.8 Å². The minimum atomic E-state index is 0.107. The van der Waals surface area contributed by atoms with E-state index in [1.165, 1.54) is 0 Å². The van der Waals surface area contributed by atoms with Gasteiger partial charge in [0.15, 0.2) is 4.77 Å². The number of hydrogen-bond donors (Lipinski definition) is 2. The van der Waals surface area contributed by atoms with Crippen LogP contribution < -0.4 is 5.32 Å². The molecule has 4 nitrogen and oxygen atoms in total. The number of aromatic amines is 1. The molecule has 1 saturated carbocycles. The fourth-order valence-electron chi connectivity index (χ4n) is 2.10. The molecule has 0 spiro atoms. The number of aromatic nitrogens is 2. The molecular weight excluding hydrogens is 326 g/mol. The van der Waals surface area contributed by atoms with E-state index >= 15 is 0 Å². The van der Waals surface area contributed by atoms with Crippen LogP contribution in [0.3, 0.4) is 0 Å². The molecule has 2 aromatic rings. The Bertz CT molecular complexity index is 687. The van der Waals surface area contributed by atoms with Gasteiger partial charge >= 0.3 is 0 Å². The van der Waals surface area contributed by atoms with Crippen molar-refractivity contribution in [1.82, 2.24) is 14.9 Å². The molecule has 19 heavy (non-hydrogen) atoms. The van der Waals surface area contributed by atoms with Crippen molar-refractivity contribution in [2.24, 2.45) is 0 Å². The predicted octanol–water partition coefficient (Wildman–Crippen LogP) is 3.13. The number of rotatable bonds is 4. The third-order valence-corrected chi connectivity index (χ3v) is 4.06. The Morgan fingerprint density at radius 3 is 3.05 bits per heavy atom. The Balaban J connectivity index is 1.78. The highest BCUT2D eigenvalue weighted by atomic mass is 79.9. The Hall–Kier alpha value is -1.14. The molecule has 100 valence electrons. The zero-order chi connectivity index (χ0) is 13.4. The van der Waals surface area contributed by atoms with Crippen LogP contribution in [-0.2, 0) is 11.3 Å². The molecule has 0 radical (unpaired) electrons. The van der Waals surface area contributed by atoms with Gasteiger partial charge in [0.2, 0.25) is 5.91 Å². The molecule has 1 fully saturated rings. The van der Waals surface area contributed by atoms with E-state index in [1.807, 2.05) is 22.8 Å². The fourth-order valence-corrected chi connectivity index (χ4v) is 2.76. The van der Waals surface area contributed by atoms with Gasteiger partial charge in [-0.3, -0.25) is 4.79 Å². The van der Waals surface area contributed by atoms with Crippen LogP contribution in [-0.4, -0.2) is 21.5 Å². The summed E-state index contributed by atoms with van der Waals surface area (Å²) in [5.74, 6) is 0.107. The number of carbonyl (C=O) groups is 1. The minimum absolute atomic E-state index is 0.107. The molecule has 3 rings (SSSR count). The van der Waals surface area contributed by atoms with Crippen LogP contribution in [0.25, 0.3) is 11.0 Å². The highest BCUT2D eigenvalue weighted by Gasteiger charge is 2.22. The van der Waals surface area contributed by atoms with Gasteiger partial charge in [0.25, 0.3) is 0 Å². The molecule has 1 heterocycles. The van der Waals surface area contributed by atoms with Gasteiger partial charge in [0.1, 0.15) is 0 Å². The number of benzene rings is 1. The van der Waals surface area contributed by atoms with Gasteiger partial charge in [-0.25, -0.2) is 0 Å². The number of carbonyl (C=O) groups excluding carboxylic acids is 1. The van der Waals surface area contributed by atoms with Crippen molar-refractivity contribution in [3.8, 4) is 0 Å². The lowest BCUT2D eigenvalue weighted by Gasteiger charge is -2.05. The lowest BCUT2D eigenvalue weighted by Crippen LogP contribution is -2.26. The zero-order valence-electron chi connectivity index (χ0n) is 10.3.